The number of aliphatic hydroxyl groups is 2. The van der Waals surface area contributed by atoms with Crippen LogP contribution in [0.25, 0.3) is 0 Å². The molecule has 0 unspecified atom stereocenters. The summed E-state index contributed by atoms with van der Waals surface area (Å²) in [5, 5.41) is 16.1. The van der Waals surface area contributed by atoms with Crippen LogP contribution in [-0.2, 0) is 27.5 Å². The van der Waals surface area contributed by atoms with Gasteiger partial charge < -0.3 is 16.6 Å². The molecule has 0 radical (unpaired) electrons. The van der Waals surface area contributed by atoms with E-state index in [0.29, 0.717) is 24.7 Å². The summed E-state index contributed by atoms with van der Waals surface area (Å²) in [6.45, 7) is 10.9. The van der Waals surface area contributed by atoms with Crippen molar-refractivity contribution in [3.63, 3.8) is 0 Å². The molecule has 0 saturated heterocycles. The molecule has 0 aromatic carbocycles. The second-order valence-electron chi connectivity index (χ2n) is 2.76. The Hall–Kier alpha value is 0.603. The van der Waals surface area contributed by atoms with Crippen LogP contribution in [0.5, 0.6) is 0 Å². The summed E-state index contributed by atoms with van der Waals surface area (Å²) in [5.74, 6) is 0. The maximum absolute atomic E-state index is 8.34. The van der Waals surface area contributed by atoms with Crippen molar-refractivity contribution in [2.24, 2.45) is 0 Å². The fourth-order valence-electron chi connectivity index (χ4n) is 0. The van der Waals surface area contributed by atoms with Gasteiger partial charge in [-0.15, -0.1) is 0 Å². The summed E-state index contributed by atoms with van der Waals surface area (Å²) in [6.07, 6.45) is 1.67. The molecule has 0 spiro atoms. The zero-order chi connectivity index (χ0) is 11.9. The standard InChI is InChI=1S/2C3H8O.C3H7.O.Zr/c2*1-3(2)4;1-3-2;;/h2*3-4H,1-2H3;3H,1-2H3;;/q;;-1;;. The average Bonchev–Trinajstić information content (AvgIpc) is 1.89. The Kier molecular flexibility index (Phi) is 52.9. The molecule has 4 heteroatoms. The van der Waals surface area contributed by atoms with E-state index in [4.69, 9.17) is 13.0 Å². The molecule has 0 aliphatic carbocycles. The third-order valence-electron chi connectivity index (χ3n) is 0. The molecule has 0 heterocycles. The minimum atomic E-state index is -0.167. The zero-order valence-electron chi connectivity index (χ0n) is 9.53. The first-order valence-electron chi connectivity index (χ1n) is 4.18. The average molecular weight is 271 g/mol. The Bertz CT molecular complexity index is 47.3. The summed E-state index contributed by atoms with van der Waals surface area (Å²) in [5.41, 5.74) is 0. The van der Waals surface area contributed by atoms with E-state index in [1.165, 1.54) is 0 Å². The van der Waals surface area contributed by atoms with Gasteiger partial charge in [0.1, 0.15) is 0 Å². The van der Waals surface area contributed by atoms with Crippen molar-refractivity contribution in [2.75, 3.05) is 0 Å². The monoisotopic (exact) mass is 269 g/mol. The Morgan fingerprint density at radius 3 is 0.923 bits per heavy atom. The summed E-state index contributed by atoms with van der Waals surface area (Å²) in [4.78, 5) is 0. The Morgan fingerprint density at radius 2 is 0.923 bits per heavy atom. The van der Waals surface area contributed by atoms with Crippen molar-refractivity contribution >= 4 is 0 Å². The third kappa shape index (κ3) is 3900. The van der Waals surface area contributed by atoms with Crippen molar-refractivity contribution < 1.29 is 37.7 Å². The van der Waals surface area contributed by atoms with Crippen LogP contribution in [0.4, 0.5) is 0 Å². The SMILES string of the molecule is CC(C)O.CC(C)O.C[CH-]C.[O]=[Zr]. The van der Waals surface area contributed by atoms with Gasteiger partial charge >= 0.3 is 27.5 Å². The fraction of sp³-hybridized carbons (Fsp3) is 0.889. The van der Waals surface area contributed by atoms with Crippen molar-refractivity contribution in [1.82, 2.24) is 0 Å². The molecule has 82 valence electrons. The van der Waals surface area contributed by atoms with Gasteiger partial charge in [-0.25, -0.2) is 0 Å². The number of hydrogen-bond acceptors (Lipinski definition) is 3. The molecule has 0 aliphatic rings. The van der Waals surface area contributed by atoms with Gasteiger partial charge in [0.15, 0.2) is 0 Å². The van der Waals surface area contributed by atoms with Gasteiger partial charge in [-0.05, 0) is 27.7 Å². The molecule has 0 aromatic rings. The maximum atomic E-state index is 8.34. The van der Waals surface area contributed by atoms with Crippen molar-refractivity contribution in [3.8, 4) is 0 Å². The topological polar surface area (TPSA) is 57.5 Å². The van der Waals surface area contributed by atoms with E-state index in [9.17, 15) is 0 Å². The molecule has 0 amide bonds. The van der Waals surface area contributed by atoms with E-state index in [1.54, 1.807) is 27.7 Å². The van der Waals surface area contributed by atoms with Crippen LogP contribution in [0.1, 0.15) is 41.5 Å². The van der Waals surface area contributed by atoms with Crippen LogP contribution >= 0.6 is 0 Å². The first-order chi connectivity index (χ1) is 5.88. The zero-order valence-corrected chi connectivity index (χ0v) is 12.0. The van der Waals surface area contributed by atoms with Gasteiger partial charge in [0.2, 0.25) is 0 Å². The summed E-state index contributed by atoms with van der Waals surface area (Å²) in [7, 11) is 0. The molecular weight excluding hydrogens is 247 g/mol. The van der Waals surface area contributed by atoms with Gasteiger partial charge in [0.05, 0.1) is 0 Å². The van der Waals surface area contributed by atoms with Crippen LogP contribution in [0.15, 0.2) is 0 Å². The van der Waals surface area contributed by atoms with Gasteiger partial charge in [-0.3, -0.25) is 0 Å². The van der Waals surface area contributed by atoms with E-state index in [2.05, 4.69) is 0 Å². The predicted octanol–water partition coefficient (Wildman–Crippen LogP) is 1.88. The molecule has 0 fully saturated rings. The molecule has 2 N–H and O–H groups in total. The van der Waals surface area contributed by atoms with Gasteiger partial charge in [-0.1, -0.05) is 0 Å². The Labute approximate surface area is 97.8 Å². The van der Waals surface area contributed by atoms with Crippen molar-refractivity contribution in [3.05, 3.63) is 6.42 Å². The third-order valence-corrected chi connectivity index (χ3v) is 0. The van der Waals surface area contributed by atoms with Gasteiger partial charge in [0, 0.05) is 12.2 Å². The molecule has 0 aliphatic heterocycles. The molecular formula is C9H23O3Zr-. The second kappa shape index (κ2) is 29.4. The predicted molar refractivity (Wildman–Crippen MR) is 51.0 cm³/mol. The van der Waals surface area contributed by atoms with Gasteiger partial charge in [0.25, 0.3) is 0 Å². The van der Waals surface area contributed by atoms with E-state index in [-0.39, 0.29) is 12.2 Å². The Balaban J connectivity index is -0.0000000431. The molecule has 0 rings (SSSR count). The van der Waals surface area contributed by atoms with Crippen LogP contribution in [0, 0.1) is 6.42 Å². The van der Waals surface area contributed by atoms with Crippen LogP contribution < -0.4 is 0 Å². The molecule has 13 heavy (non-hydrogen) atoms. The molecule has 0 aromatic heterocycles. The van der Waals surface area contributed by atoms with Crippen molar-refractivity contribution in [2.45, 2.75) is 53.8 Å². The summed E-state index contributed by atoms with van der Waals surface area (Å²) in [6, 6.07) is 0. The number of rotatable bonds is 0. The Morgan fingerprint density at radius 1 is 0.923 bits per heavy atom. The van der Waals surface area contributed by atoms with E-state index < -0.39 is 0 Å². The normalized spacial score (nSPS) is 7.15. The second-order valence-corrected chi connectivity index (χ2v) is 2.76. The summed E-state index contributed by atoms with van der Waals surface area (Å²) < 4.78 is 8.34. The first-order valence-corrected chi connectivity index (χ1v) is 5.19. The van der Waals surface area contributed by atoms with E-state index in [0.717, 1.165) is 0 Å². The number of hydrogen-bond donors (Lipinski definition) is 2. The van der Waals surface area contributed by atoms with Gasteiger partial charge in [-0.2, -0.15) is 13.8 Å². The molecule has 0 atom stereocenters. The van der Waals surface area contributed by atoms with Crippen LogP contribution in [0.3, 0.4) is 0 Å². The summed E-state index contributed by atoms with van der Waals surface area (Å²) >= 11 is 0.300. The molecule has 0 saturated carbocycles. The van der Waals surface area contributed by atoms with Crippen LogP contribution in [0.2, 0.25) is 0 Å². The molecule has 3 nitrogen and oxygen atoms in total. The molecule has 0 bridgehead atoms. The van der Waals surface area contributed by atoms with Crippen molar-refractivity contribution in [1.29, 1.82) is 0 Å². The fourth-order valence-corrected chi connectivity index (χ4v) is 0. The quantitative estimate of drug-likeness (QED) is 0.661. The van der Waals surface area contributed by atoms with Crippen LogP contribution in [-0.4, -0.2) is 22.4 Å². The van der Waals surface area contributed by atoms with E-state index in [1.807, 2.05) is 20.3 Å². The number of aliphatic hydroxyl groups excluding tert-OH is 2. The minimum absolute atomic E-state index is 0.167. The first kappa shape index (κ1) is 23.4. The van der Waals surface area contributed by atoms with E-state index >= 15 is 0 Å².